The van der Waals surface area contributed by atoms with Crippen molar-refractivity contribution in [1.29, 1.82) is 0 Å². The number of ether oxygens (including phenoxy) is 1. The van der Waals surface area contributed by atoms with Gasteiger partial charge in [-0.15, -0.1) is 11.8 Å². The van der Waals surface area contributed by atoms with E-state index in [4.69, 9.17) is 4.74 Å². The van der Waals surface area contributed by atoms with Gasteiger partial charge in [0.25, 0.3) is 0 Å². The van der Waals surface area contributed by atoms with E-state index in [-0.39, 0.29) is 11.2 Å². The number of hydrogen-bond donors (Lipinski definition) is 1. The molecule has 118 valence electrons. The first-order chi connectivity index (χ1) is 9.84. The topological polar surface area (TPSA) is 21.3 Å². The molecule has 1 aromatic carbocycles. The minimum absolute atomic E-state index is 0.0146. The lowest BCUT2D eigenvalue weighted by Crippen LogP contribution is -2.45. The van der Waals surface area contributed by atoms with E-state index in [1.807, 2.05) is 11.8 Å². The van der Waals surface area contributed by atoms with Gasteiger partial charge < -0.3 is 10.1 Å². The summed E-state index contributed by atoms with van der Waals surface area (Å²) in [4.78, 5) is 1.34. The predicted molar refractivity (Wildman–Crippen MR) is 92.0 cm³/mol. The third-order valence-corrected chi connectivity index (χ3v) is 5.40. The minimum Gasteiger partial charge on any atom is -0.369 e. The van der Waals surface area contributed by atoms with Crippen LogP contribution in [0, 0.1) is 5.92 Å². The Morgan fingerprint density at radius 2 is 1.90 bits per heavy atom. The lowest BCUT2D eigenvalue weighted by atomic mass is 9.82. The zero-order chi connectivity index (χ0) is 15.5. The summed E-state index contributed by atoms with van der Waals surface area (Å²) < 4.78 is 6.28. The van der Waals surface area contributed by atoms with Gasteiger partial charge in [0.15, 0.2) is 0 Å². The normalized spacial score (nSPS) is 24.9. The summed E-state index contributed by atoms with van der Waals surface area (Å²) in [6, 6.07) is 11.1. The molecule has 1 saturated heterocycles. The predicted octanol–water partition coefficient (Wildman–Crippen LogP) is 4.35. The van der Waals surface area contributed by atoms with Gasteiger partial charge in [-0.25, -0.2) is 0 Å². The summed E-state index contributed by atoms with van der Waals surface area (Å²) in [5.41, 5.74) is -0.0766. The molecule has 0 spiro atoms. The van der Waals surface area contributed by atoms with E-state index >= 15 is 0 Å². The number of nitrogens with one attached hydrogen (secondary N) is 1. The SMILES string of the molecule is CCNC(CSc1ccccc1)C1CC(C)(C)OC1(C)C. The first-order valence-corrected chi connectivity index (χ1v) is 8.94. The average molecular weight is 308 g/mol. The van der Waals surface area contributed by atoms with Gasteiger partial charge in [-0.1, -0.05) is 25.1 Å². The summed E-state index contributed by atoms with van der Waals surface area (Å²) in [7, 11) is 0. The second kappa shape index (κ2) is 6.72. The second-order valence-electron chi connectivity index (χ2n) is 7.06. The first-order valence-electron chi connectivity index (χ1n) is 7.95. The Bertz CT molecular complexity index is 444. The van der Waals surface area contributed by atoms with Crippen LogP contribution < -0.4 is 5.32 Å². The van der Waals surface area contributed by atoms with Crippen LogP contribution >= 0.6 is 11.8 Å². The van der Waals surface area contributed by atoms with Crippen LogP contribution in [0.25, 0.3) is 0 Å². The van der Waals surface area contributed by atoms with Crippen molar-refractivity contribution in [2.45, 2.75) is 63.2 Å². The van der Waals surface area contributed by atoms with Gasteiger partial charge in [0.1, 0.15) is 0 Å². The smallest absolute Gasteiger partial charge is 0.0678 e. The van der Waals surface area contributed by atoms with E-state index in [1.165, 1.54) is 4.90 Å². The van der Waals surface area contributed by atoms with Gasteiger partial charge in [0, 0.05) is 22.6 Å². The molecule has 2 unspecified atom stereocenters. The molecule has 1 N–H and O–H groups in total. The van der Waals surface area contributed by atoms with E-state index in [0.717, 1.165) is 18.7 Å². The maximum absolute atomic E-state index is 6.28. The highest BCUT2D eigenvalue weighted by Gasteiger charge is 2.48. The fourth-order valence-electron chi connectivity index (χ4n) is 3.51. The van der Waals surface area contributed by atoms with E-state index in [1.54, 1.807) is 0 Å². The average Bonchev–Trinajstić information content (AvgIpc) is 2.63. The van der Waals surface area contributed by atoms with Crippen LogP contribution in [0.1, 0.15) is 41.0 Å². The number of thioether (sulfide) groups is 1. The number of hydrogen-bond acceptors (Lipinski definition) is 3. The molecule has 0 bridgehead atoms. The molecule has 3 heteroatoms. The van der Waals surface area contributed by atoms with Crippen molar-refractivity contribution in [1.82, 2.24) is 5.32 Å². The molecule has 1 heterocycles. The molecule has 0 radical (unpaired) electrons. The van der Waals surface area contributed by atoms with Gasteiger partial charge in [-0.3, -0.25) is 0 Å². The molecule has 2 nitrogen and oxygen atoms in total. The molecule has 1 aromatic rings. The van der Waals surface area contributed by atoms with Crippen LogP contribution in [0.4, 0.5) is 0 Å². The summed E-state index contributed by atoms with van der Waals surface area (Å²) in [5.74, 6) is 1.63. The Labute approximate surface area is 134 Å². The monoisotopic (exact) mass is 307 g/mol. The molecule has 0 aromatic heterocycles. The Morgan fingerprint density at radius 3 is 2.43 bits per heavy atom. The molecule has 21 heavy (non-hydrogen) atoms. The maximum Gasteiger partial charge on any atom is 0.0678 e. The summed E-state index contributed by atoms with van der Waals surface area (Å²) in [5, 5.41) is 3.69. The van der Waals surface area contributed by atoms with Crippen molar-refractivity contribution < 1.29 is 4.74 Å². The third-order valence-electron chi connectivity index (χ3n) is 4.27. The van der Waals surface area contributed by atoms with Crippen LogP contribution in [0.5, 0.6) is 0 Å². The molecule has 2 atom stereocenters. The Hall–Kier alpha value is -0.510. The van der Waals surface area contributed by atoms with Gasteiger partial charge >= 0.3 is 0 Å². The fourth-order valence-corrected chi connectivity index (χ4v) is 4.59. The highest BCUT2D eigenvalue weighted by Crippen LogP contribution is 2.44. The van der Waals surface area contributed by atoms with E-state index in [0.29, 0.717) is 12.0 Å². The fraction of sp³-hybridized carbons (Fsp3) is 0.667. The Kier molecular flexibility index (Phi) is 5.39. The zero-order valence-electron chi connectivity index (χ0n) is 14.0. The molecular weight excluding hydrogens is 278 g/mol. The molecule has 0 saturated carbocycles. The van der Waals surface area contributed by atoms with Crippen molar-refractivity contribution in [3.63, 3.8) is 0 Å². The molecular formula is C18H29NOS. The van der Waals surface area contributed by atoms with Crippen LogP contribution in [0.15, 0.2) is 35.2 Å². The summed E-state index contributed by atoms with van der Waals surface area (Å²) in [6.07, 6.45) is 1.12. The van der Waals surface area contributed by atoms with Gasteiger partial charge in [-0.2, -0.15) is 0 Å². The Balaban J connectivity index is 2.05. The van der Waals surface area contributed by atoms with E-state index in [9.17, 15) is 0 Å². The molecule has 2 rings (SSSR count). The highest BCUT2D eigenvalue weighted by molar-refractivity contribution is 7.99. The van der Waals surface area contributed by atoms with Crippen molar-refractivity contribution >= 4 is 11.8 Å². The molecule has 1 aliphatic rings. The first kappa shape index (κ1) is 16.9. The van der Waals surface area contributed by atoms with Crippen LogP contribution in [-0.2, 0) is 4.74 Å². The third kappa shape index (κ3) is 4.48. The second-order valence-corrected chi connectivity index (χ2v) is 8.16. The Morgan fingerprint density at radius 1 is 1.24 bits per heavy atom. The highest BCUT2D eigenvalue weighted by atomic mass is 32.2. The van der Waals surface area contributed by atoms with Crippen LogP contribution in [-0.4, -0.2) is 29.5 Å². The van der Waals surface area contributed by atoms with E-state index in [2.05, 4.69) is 70.3 Å². The lowest BCUT2D eigenvalue weighted by Gasteiger charge is -2.33. The van der Waals surface area contributed by atoms with Crippen molar-refractivity contribution in [3.05, 3.63) is 30.3 Å². The largest absolute Gasteiger partial charge is 0.369 e. The summed E-state index contributed by atoms with van der Waals surface area (Å²) >= 11 is 1.94. The number of benzene rings is 1. The number of rotatable bonds is 6. The zero-order valence-corrected chi connectivity index (χ0v) is 14.8. The van der Waals surface area contributed by atoms with Crippen molar-refractivity contribution in [2.75, 3.05) is 12.3 Å². The van der Waals surface area contributed by atoms with Crippen molar-refractivity contribution in [2.24, 2.45) is 5.92 Å². The maximum atomic E-state index is 6.28. The minimum atomic E-state index is -0.0619. The van der Waals surface area contributed by atoms with Gasteiger partial charge in [0.05, 0.1) is 11.2 Å². The molecule has 1 fully saturated rings. The van der Waals surface area contributed by atoms with Crippen LogP contribution in [0.2, 0.25) is 0 Å². The standard InChI is InChI=1S/C18H29NOS/c1-6-19-16(13-21-14-10-8-7-9-11-14)15-12-17(2,3)20-18(15,4)5/h7-11,15-16,19H,6,12-13H2,1-5H3. The lowest BCUT2D eigenvalue weighted by molar-refractivity contribution is -0.0769. The van der Waals surface area contributed by atoms with Gasteiger partial charge in [0.2, 0.25) is 0 Å². The van der Waals surface area contributed by atoms with Crippen LogP contribution in [0.3, 0.4) is 0 Å². The van der Waals surface area contributed by atoms with E-state index < -0.39 is 0 Å². The molecule has 0 amide bonds. The molecule has 0 aliphatic carbocycles. The summed E-state index contributed by atoms with van der Waals surface area (Å²) in [6.45, 7) is 12.1. The molecule has 1 aliphatic heterocycles. The van der Waals surface area contributed by atoms with Gasteiger partial charge in [-0.05, 0) is 52.8 Å². The van der Waals surface area contributed by atoms with Crippen molar-refractivity contribution in [3.8, 4) is 0 Å². The quantitative estimate of drug-likeness (QED) is 0.789.